The van der Waals surface area contributed by atoms with Gasteiger partial charge in [0, 0.05) is 18.6 Å². The maximum absolute atomic E-state index is 14.9. The molecule has 1 heterocycles. The molecule has 0 spiro atoms. The minimum atomic E-state index is -2.37. The van der Waals surface area contributed by atoms with Gasteiger partial charge in [-0.3, -0.25) is 18.8 Å². The molecule has 1 saturated heterocycles. The van der Waals surface area contributed by atoms with E-state index in [9.17, 15) is 18.8 Å². The van der Waals surface area contributed by atoms with Gasteiger partial charge in [0.1, 0.15) is 6.67 Å². The van der Waals surface area contributed by atoms with Gasteiger partial charge in [0.25, 0.3) is 14.3 Å². The molecule has 0 amide bonds. The van der Waals surface area contributed by atoms with E-state index in [1.807, 2.05) is 0 Å². The van der Waals surface area contributed by atoms with E-state index in [0.717, 1.165) is 38.8 Å². The molecule has 0 radical (unpaired) electrons. The van der Waals surface area contributed by atoms with E-state index < -0.39 is 38.3 Å². The number of likely N-dealkylation sites (tertiary alicyclic amines) is 1. The predicted molar refractivity (Wildman–Crippen MR) is 270 cm³/mol. The first-order chi connectivity index (χ1) is 31.3. The third-order valence-corrected chi connectivity index (χ3v) is 25.8. The smallest absolute Gasteiger partial charge is 0.323 e. The van der Waals surface area contributed by atoms with E-state index in [1.165, 1.54) is 68.1 Å². The van der Waals surface area contributed by atoms with Crippen molar-refractivity contribution in [3.05, 3.63) is 35.5 Å². The standard InChI is InChI=1S/C57H93FN2O6Si/c1-15-64-49(62)56(50(63)65-16-2)30-33-60(34-31-56)35-32-59-57-27-22-41(38(3)4)47(57)44-20-21-46-53(10)25-23-43(52(8,9)45(53)24-26-55(46,12)54(44,11)28-29-57)40-19-17-18-39(36-40)42(37-58)48(61)66-67(13,14)51(5,6)7/h23,36,39,41-42,44-47,59H,3,15-22,24-35,37H2,1-2,4-14H3/t39?,41?,42?,44-,45+,46-,47-,53+,54-,55-,57+/m1/s1. The number of rotatable bonds is 14. The van der Waals surface area contributed by atoms with E-state index in [2.05, 4.69) is 104 Å². The number of carbonyl (C=O) groups is 3. The second-order valence-electron chi connectivity index (χ2n) is 25.9. The number of ether oxygens (including phenoxy) is 2. The predicted octanol–water partition coefficient (Wildman–Crippen LogP) is 12.6. The first-order valence-electron chi connectivity index (χ1n) is 27.0. The zero-order valence-electron chi connectivity index (χ0n) is 44.5. The van der Waals surface area contributed by atoms with Crippen molar-refractivity contribution in [3.8, 4) is 0 Å². The zero-order valence-corrected chi connectivity index (χ0v) is 45.5. The molecule has 0 bridgehead atoms. The van der Waals surface area contributed by atoms with Gasteiger partial charge in [0.2, 0.25) is 0 Å². The summed E-state index contributed by atoms with van der Waals surface area (Å²) in [6.07, 6.45) is 19.5. The fourth-order valence-electron chi connectivity index (χ4n) is 16.6. The number of hydrogen-bond donors (Lipinski definition) is 1. The zero-order chi connectivity index (χ0) is 49.2. The number of hydrogen-bond acceptors (Lipinski definition) is 8. The van der Waals surface area contributed by atoms with Crippen molar-refractivity contribution in [1.82, 2.24) is 10.2 Å². The van der Waals surface area contributed by atoms with Crippen LogP contribution in [-0.2, 0) is 28.3 Å². The molecule has 67 heavy (non-hydrogen) atoms. The van der Waals surface area contributed by atoms with Gasteiger partial charge < -0.3 is 24.1 Å². The molecule has 3 unspecified atom stereocenters. The minimum absolute atomic E-state index is 0.0255. The van der Waals surface area contributed by atoms with Crippen LogP contribution in [0.25, 0.3) is 0 Å². The highest BCUT2D eigenvalue weighted by Gasteiger charge is 2.70. The third-order valence-electron chi connectivity index (χ3n) is 21.5. The van der Waals surface area contributed by atoms with Crippen LogP contribution in [0, 0.1) is 68.5 Å². The molecule has 6 aliphatic carbocycles. The molecule has 7 aliphatic rings. The summed E-state index contributed by atoms with van der Waals surface area (Å²) in [6, 6.07) is 0. The van der Waals surface area contributed by atoms with Crippen LogP contribution in [0.2, 0.25) is 18.1 Å². The third kappa shape index (κ3) is 8.83. The lowest BCUT2D eigenvalue weighted by atomic mass is 9.33. The molecule has 378 valence electrons. The lowest BCUT2D eigenvalue weighted by Crippen LogP contribution is -2.68. The van der Waals surface area contributed by atoms with E-state index in [4.69, 9.17) is 13.9 Å². The first kappa shape index (κ1) is 52.5. The van der Waals surface area contributed by atoms with Crippen molar-refractivity contribution >= 4 is 26.2 Å². The summed E-state index contributed by atoms with van der Waals surface area (Å²) < 4.78 is 32.0. The second kappa shape index (κ2) is 19.0. The maximum Gasteiger partial charge on any atom is 0.323 e. The quantitative estimate of drug-likeness (QED) is 0.0796. The van der Waals surface area contributed by atoms with Crippen molar-refractivity contribution in [3.63, 3.8) is 0 Å². The fourth-order valence-corrected chi connectivity index (χ4v) is 17.5. The molecule has 0 aromatic carbocycles. The number of halogens is 1. The molecular weight excluding hydrogens is 856 g/mol. The Labute approximate surface area is 407 Å². The average molecular weight is 949 g/mol. The van der Waals surface area contributed by atoms with Gasteiger partial charge in [-0.25, -0.2) is 0 Å². The number of piperidine rings is 1. The van der Waals surface area contributed by atoms with Gasteiger partial charge >= 0.3 is 11.9 Å². The Morgan fingerprint density at radius 3 is 2.13 bits per heavy atom. The van der Waals surface area contributed by atoms with Crippen LogP contribution >= 0.6 is 0 Å². The Bertz CT molecular complexity index is 1930. The van der Waals surface area contributed by atoms with E-state index >= 15 is 0 Å². The summed E-state index contributed by atoms with van der Waals surface area (Å²) in [4.78, 5) is 42.4. The van der Waals surface area contributed by atoms with Gasteiger partial charge in [0.05, 0.1) is 19.1 Å². The monoisotopic (exact) mass is 949 g/mol. The number of alkyl halides is 1. The van der Waals surface area contributed by atoms with Gasteiger partial charge in [-0.05, 0) is 210 Å². The van der Waals surface area contributed by atoms with Crippen molar-refractivity contribution in [2.75, 3.05) is 46.1 Å². The van der Waals surface area contributed by atoms with Gasteiger partial charge in [-0.2, -0.15) is 0 Å². The summed E-state index contributed by atoms with van der Waals surface area (Å²) in [7, 11) is -2.37. The molecule has 1 aliphatic heterocycles. The average Bonchev–Trinajstić information content (AvgIpc) is 3.64. The highest BCUT2D eigenvalue weighted by molar-refractivity contribution is 6.75. The molecular formula is C57H93FN2O6Si. The highest BCUT2D eigenvalue weighted by atomic mass is 28.4. The van der Waals surface area contributed by atoms with Crippen LogP contribution in [0.5, 0.6) is 0 Å². The normalized spacial score (nSPS) is 37.6. The molecule has 4 saturated carbocycles. The van der Waals surface area contributed by atoms with Crippen LogP contribution in [0.15, 0.2) is 35.5 Å². The fraction of sp³-hybridized carbons (Fsp3) is 0.842. The molecule has 0 aromatic heterocycles. The SMILES string of the molecule is C=C(C)C1CC[C@]2(NCCN3CCC(C(=O)OCC)(C(=O)OCC)CC3)CC[C@]3(C)[C@H](CC[C@@H]4[C@@]5(C)CC=C(C6=CC(C(CF)C(=O)O[Si](C)(C)C(C)(C)C)CCC6)C(C)(C)[C@@H]5CC[C@]43C)[C@@H]12. The van der Waals surface area contributed by atoms with Gasteiger partial charge in [-0.1, -0.05) is 79.7 Å². The van der Waals surface area contributed by atoms with Crippen LogP contribution in [-0.4, -0.2) is 82.7 Å². The van der Waals surface area contributed by atoms with Crippen LogP contribution in [0.4, 0.5) is 4.39 Å². The van der Waals surface area contributed by atoms with Crippen molar-refractivity contribution in [1.29, 1.82) is 0 Å². The Hall–Kier alpha value is -2.30. The topological polar surface area (TPSA) is 94.2 Å². The van der Waals surface area contributed by atoms with Crippen LogP contribution < -0.4 is 5.32 Å². The van der Waals surface area contributed by atoms with E-state index in [0.29, 0.717) is 55.5 Å². The van der Waals surface area contributed by atoms with Crippen LogP contribution in [0.3, 0.4) is 0 Å². The number of nitrogens with zero attached hydrogens (tertiary/aromatic N) is 1. The first-order valence-corrected chi connectivity index (χ1v) is 29.9. The Balaban J connectivity index is 1.07. The Morgan fingerprint density at radius 2 is 1.54 bits per heavy atom. The van der Waals surface area contributed by atoms with Gasteiger partial charge in [-0.15, -0.1) is 0 Å². The van der Waals surface area contributed by atoms with Gasteiger partial charge in [0.15, 0.2) is 5.41 Å². The number of allylic oxidation sites excluding steroid dienone is 5. The summed E-state index contributed by atoms with van der Waals surface area (Å²) in [5.74, 6) is 0.801. The molecule has 0 aromatic rings. The van der Waals surface area contributed by atoms with Crippen molar-refractivity contribution in [2.24, 2.45) is 68.5 Å². The molecule has 1 N–H and O–H groups in total. The minimum Gasteiger partial charge on any atom is -0.519 e. The lowest BCUT2D eigenvalue weighted by Gasteiger charge is -2.72. The number of esters is 2. The highest BCUT2D eigenvalue weighted by Crippen LogP contribution is 2.76. The van der Waals surface area contributed by atoms with Crippen molar-refractivity contribution in [2.45, 2.75) is 190 Å². The largest absolute Gasteiger partial charge is 0.519 e. The Morgan fingerprint density at radius 1 is 0.881 bits per heavy atom. The van der Waals surface area contributed by atoms with E-state index in [-0.39, 0.29) is 57.3 Å². The molecule has 10 heteroatoms. The summed E-state index contributed by atoms with van der Waals surface area (Å²) in [5, 5.41) is 4.16. The molecule has 7 rings (SSSR count). The molecule has 5 fully saturated rings. The lowest BCUT2D eigenvalue weighted by molar-refractivity contribution is -0.221. The number of carbonyl (C=O) groups excluding carboxylic acids is 3. The number of fused-ring (bicyclic) bond motifs is 7. The molecule has 11 atom stereocenters. The summed E-state index contributed by atoms with van der Waals surface area (Å²) in [5.41, 5.74) is 3.66. The van der Waals surface area contributed by atoms with E-state index in [1.54, 1.807) is 13.8 Å². The van der Waals surface area contributed by atoms with Crippen molar-refractivity contribution < 1.29 is 32.7 Å². The summed E-state index contributed by atoms with van der Waals surface area (Å²) >= 11 is 0. The maximum atomic E-state index is 14.9. The number of nitrogens with one attached hydrogen (secondary N) is 1. The second-order valence-corrected chi connectivity index (χ2v) is 30.6. The molecule has 8 nitrogen and oxygen atoms in total. The van der Waals surface area contributed by atoms with Crippen LogP contribution in [0.1, 0.15) is 166 Å². The Kier molecular flexibility index (Phi) is 14.9. The summed E-state index contributed by atoms with van der Waals surface area (Å²) in [6.45, 7) is 37.2.